The largest absolute Gasteiger partial charge is 0.376 e. The molecule has 0 saturated carbocycles. The van der Waals surface area contributed by atoms with E-state index in [2.05, 4.69) is 41.3 Å². The lowest BCUT2D eigenvalue weighted by Gasteiger charge is -2.50. The summed E-state index contributed by atoms with van der Waals surface area (Å²) in [5, 5.41) is 0. The maximum atomic E-state index is 6.48. The van der Waals surface area contributed by atoms with Crippen molar-refractivity contribution in [3.8, 4) is 0 Å². The summed E-state index contributed by atoms with van der Waals surface area (Å²) >= 11 is 2.47. The molecule has 0 aromatic rings. The van der Waals surface area contributed by atoms with Crippen LogP contribution in [0.25, 0.3) is 0 Å². The molecule has 2 radical (unpaired) electrons. The lowest BCUT2D eigenvalue weighted by Crippen LogP contribution is -2.61. The Labute approximate surface area is 131 Å². The summed E-state index contributed by atoms with van der Waals surface area (Å²) in [7, 11) is 6.48. The smallest absolute Gasteiger partial charge is 0.0904 e. The van der Waals surface area contributed by atoms with E-state index in [1.165, 1.54) is 25.7 Å². The number of nitrogens with zero attached hydrogens (tertiary/aromatic N) is 1. The third-order valence-corrected chi connectivity index (χ3v) is 5.69. The zero-order chi connectivity index (χ0) is 13.7. The lowest BCUT2D eigenvalue weighted by molar-refractivity contribution is -0.128. The predicted octanol–water partition coefficient (Wildman–Crippen LogP) is 3.39. The van der Waals surface area contributed by atoms with E-state index in [1.54, 1.807) is 11.3 Å². The van der Waals surface area contributed by atoms with E-state index in [9.17, 15) is 0 Å². The Morgan fingerprint density at radius 3 is 2.58 bits per heavy atom. The van der Waals surface area contributed by atoms with E-state index < -0.39 is 0 Å². The van der Waals surface area contributed by atoms with E-state index in [0.29, 0.717) is 6.04 Å². The monoisotopic (exact) mass is 371 g/mol. The van der Waals surface area contributed by atoms with Crippen molar-refractivity contribution in [3.63, 3.8) is 0 Å². The molecule has 1 spiro atoms. The maximum Gasteiger partial charge on any atom is 0.0904 e. The highest BCUT2D eigenvalue weighted by Gasteiger charge is 2.51. The molecule has 0 N–H and O–H groups in total. The third-order valence-electron chi connectivity index (χ3n) is 4.77. The van der Waals surface area contributed by atoms with Gasteiger partial charge in [-0.2, -0.15) is 0 Å². The van der Waals surface area contributed by atoms with Crippen molar-refractivity contribution in [2.24, 2.45) is 0 Å². The summed E-state index contributed by atoms with van der Waals surface area (Å²) in [6, 6.07) is 0.567. The molecule has 1 saturated heterocycles. The molecule has 1 fully saturated rings. The van der Waals surface area contributed by atoms with Gasteiger partial charge >= 0.3 is 0 Å². The highest BCUT2D eigenvalue weighted by Crippen LogP contribution is 2.49. The molecule has 1 unspecified atom stereocenters. The molecule has 2 nitrogen and oxygen atoms in total. The van der Waals surface area contributed by atoms with Crippen LogP contribution in [0.5, 0.6) is 0 Å². The molecule has 0 aromatic heterocycles. The van der Waals surface area contributed by atoms with Gasteiger partial charge in [0.15, 0.2) is 0 Å². The SMILES string of the molecule is [B]C1(I)CCCCC2=C(C1)CC1(COC1)N2C(C)C. The van der Waals surface area contributed by atoms with Crippen LogP contribution in [-0.2, 0) is 4.74 Å². The zero-order valence-corrected chi connectivity index (χ0v) is 14.2. The van der Waals surface area contributed by atoms with Gasteiger partial charge in [-0.25, -0.2) is 0 Å². The number of hydrogen-bond donors (Lipinski definition) is 0. The van der Waals surface area contributed by atoms with Crippen molar-refractivity contribution in [2.45, 2.75) is 67.3 Å². The lowest BCUT2D eigenvalue weighted by atomic mass is 9.75. The summed E-state index contributed by atoms with van der Waals surface area (Å²) in [4.78, 5) is 2.67. The summed E-state index contributed by atoms with van der Waals surface area (Å²) < 4.78 is 5.52. The van der Waals surface area contributed by atoms with Crippen LogP contribution in [0, 0.1) is 0 Å². The predicted molar refractivity (Wildman–Crippen MR) is 87.8 cm³/mol. The Bertz CT molecular complexity index is 401. The van der Waals surface area contributed by atoms with Crippen LogP contribution in [0.3, 0.4) is 0 Å². The molecule has 0 aromatic carbocycles. The van der Waals surface area contributed by atoms with Crippen LogP contribution >= 0.6 is 22.6 Å². The van der Waals surface area contributed by atoms with E-state index in [-0.39, 0.29) is 8.86 Å². The third kappa shape index (κ3) is 2.48. The van der Waals surface area contributed by atoms with Gasteiger partial charge in [0.1, 0.15) is 0 Å². The summed E-state index contributed by atoms with van der Waals surface area (Å²) in [5.74, 6) is 0. The highest BCUT2D eigenvalue weighted by atomic mass is 127. The highest BCUT2D eigenvalue weighted by molar-refractivity contribution is 14.1. The summed E-state index contributed by atoms with van der Waals surface area (Å²) in [5.41, 5.74) is 3.49. The Morgan fingerprint density at radius 1 is 1.26 bits per heavy atom. The molecule has 19 heavy (non-hydrogen) atoms. The van der Waals surface area contributed by atoms with Gasteiger partial charge in [0, 0.05) is 11.7 Å². The van der Waals surface area contributed by atoms with Crippen LogP contribution < -0.4 is 0 Å². The summed E-state index contributed by atoms with van der Waals surface area (Å²) in [6.45, 7) is 6.43. The first-order valence-electron chi connectivity index (χ1n) is 7.49. The van der Waals surface area contributed by atoms with E-state index in [0.717, 1.165) is 26.1 Å². The Morgan fingerprint density at radius 2 is 2.00 bits per heavy atom. The normalized spacial score (nSPS) is 34.2. The van der Waals surface area contributed by atoms with Crippen LogP contribution in [0.15, 0.2) is 11.3 Å². The van der Waals surface area contributed by atoms with E-state index in [4.69, 9.17) is 12.6 Å². The maximum absolute atomic E-state index is 6.48. The van der Waals surface area contributed by atoms with E-state index >= 15 is 0 Å². The van der Waals surface area contributed by atoms with Gasteiger partial charge in [0.25, 0.3) is 0 Å². The van der Waals surface area contributed by atoms with Gasteiger partial charge in [-0.15, -0.1) is 0 Å². The second-order valence-corrected chi connectivity index (χ2v) is 8.97. The van der Waals surface area contributed by atoms with Gasteiger partial charge in [0.05, 0.1) is 26.6 Å². The molecule has 3 aliphatic rings. The topological polar surface area (TPSA) is 12.5 Å². The number of hydrogen-bond acceptors (Lipinski definition) is 2. The minimum Gasteiger partial charge on any atom is -0.376 e. The van der Waals surface area contributed by atoms with E-state index in [1.807, 2.05) is 0 Å². The minimum absolute atomic E-state index is 0.0441. The Balaban J connectivity index is 1.93. The van der Waals surface area contributed by atoms with Crippen molar-refractivity contribution >= 4 is 30.4 Å². The summed E-state index contributed by atoms with van der Waals surface area (Å²) in [6.07, 6.45) is 7.17. The fraction of sp³-hybridized carbons (Fsp3) is 0.867. The first kappa shape index (κ1) is 14.2. The minimum atomic E-state index is -0.0441. The van der Waals surface area contributed by atoms with Crippen molar-refractivity contribution < 1.29 is 4.74 Å². The molecule has 2 heterocycles. The second kappa shape index (κ2) is 4.94. The van der Waals surface area contributed by atoms with Gasteiger partial charge in [0.2, 0.25) is 0 Å². The molecular formula is C15H23BINO. The number of ether oxygens (including phenoxy) is 1. The van der Waals surface area contributed by atoms with Crippen LogP contribution in [0.1, 0.15) is 52.4 Å². The molecule has 3 rings (SSSR count). The van der Waals surface area contributed by atoms with Crippen LogP contribution in [0.2, 0.25) is 0 Å². The average Bonchev–Trinajstić information content (AvgIpc) is 2.55. The fourth-order valence-corrected chi connectivity index (χ4v) is 4.94. The second-order valence-electron chi connectivity index (χ2n) is 6.83. The number of allylic oxidation sites excluding steroid dienone is 1. The van der Waals surface area contributed by atoms with Gasteiger partial charge in [-0.1, -0.05) is 29.0 Å². The molecule has 1 atom stereocenters. The van der Waals surface area contributed by atoms with Crippen LogP contribution in [-0.4, -0.2) is 40.9 Å². The Hall–Kier alpha value is 0.295. The number of alkyl halides is 1. The van der Waals surface area contributed by atoms with Crippen molar-refractivity contribution in [1.82, 2.24) is 4.90 Å². The van der Waals surface area contributed by atoms with Gasteiger partial charge < -0.3 is 9.64 Å². The molecule has 104 valence electrons. The van der Waals surface area contributed by atoms with Gasteiger partial charge in [-0.3, -0.25) is 0 Å². The standard InChI is InChI=1S/C15H23BINO/c1-11(2)18-13-5-3-4-6-15(16,17)8-12(13)7-14(18)9-19-10-14/h11H,3-10H2,1-2H3. The number of halogens is 1. The first-order chi connectivity index (χ1) is 8.94. The quantitative estimate of drug-likeness (QED) is 0.398. The average molecular weight is 371 g/mol. The molecule has 0 bridgehead atoms. The Kier molecular flexibility index (Phi) is 3.70. The molecule has 0 amide bonds. The number of rotatable bonds is 1. The zero-order valence-electron chi connectivity index (χ0n) is 12.0. The van der Waals surface area contributed by atoms with Gasteiger partial charge in [-0.05, 0) is 54.8 Å². The first-order valence-corrected chi connectivity index (χ1v) is 8.57. The van der Waals surface area contributed by atoms with Crippen molar-refractivity contribution in [2.75, 3.05) is 13.2 Å². The molecule has 2 aliphatic heterocycles. The van der Waals surface area contributed by atoms with Crippen molar-refractivity contribution in [3.05, 3.63) is 11.3 Å². The van der Waals surface area contributed by atoms with Crippen molar-refractivity contribution in [1.29, 1.82) is 0 Å². The molecule has 1 aliphatic carbocycles. The van der Waals surface area contributed by atoms with Crippen LogP contribution in [0.4, 0.5) is 0 Å². The molecule has 4 heteroatoms. The fourth-order valence-electron chi connectivity index (χ4n) is 4.10. The molecular weight excluding hydrogens is 348 g/mol.